The lowest BCUT2D eigenvalue weighted by atomic mass is 10.0. The van der Waals surface area contributed by atoms with E-state index in [1.165, 1.54) is 39.3 Å². The molecular weight excluding hydrogens is 396 g/mol. The second kappa shape index (κ2) is 8.40. The minimum Gasteiger partial charge on any atom is -0.481 e. The van der Waals surface area contributed by atoms with Crippen LogP contribution in [0.4, 0.5) is 0 Å². The second-order valence-corrected chi connectivity index (χ2v) is 5.77. The van der Waals surface area contributed by atoms with Crippen molar-refractivity contribution in [2.75, 3.05) is 20.8 Å². The van der Waals surface area contributed by atoms with Gasteiger partial charge in [-0.25, -0.2) is 9.59 Å². The zero-order chi connectivity index (χ0) is 21.8. The van der Waals surface area contributed by atoms with Crippen molar-refractivity contribution in [2.24, 2.45) is 0 Å². The summed E-state index contributed by atoms with van der Waals surface area (Å²) in [5, 5.41) is 9.85. The highest BCUT2D eigenvalue weighted by Crippen LogP contribution is 2.36. The first-order chi connectivity index (χ1) is 14.4. The Bertz CT molecular complexity index is 1150. The highest BCUT2D eigenvalue weighted by atomic mass is 16.5. The van der Waals surface area contributed by atoms with E-state index in [1.807, 2.05) is 0 Å². The molecule has 0 unspecified atom stereocenters. The molecule has 0 saturated heterocycles. The first-order valence-electron chi connectivity index (χ1n) is 8.44. The fraction of sp³-hybridized carbons (Fsp3) is 0.200. The topological polar surface area (TPSA) is 130 Å². The number of hydrogen-bond acceptors (Lipinski definition) is 9. The Morgan fingerprint density at radius 1 is 1.17 bits per heavy atom. The van der Waals surface area contributed by atoms with Gasteiger partial charge in [-0.05, 0) is 19.1 Å². The fourth-order valence-electron chi connectivity index (χ4n) is 2.75. The summed E-state index contributed by atoms with van der Waals surface area (Å²) in [6.07, 6.45) is 5.12. The van der Waals surface area contributed by atoms with Crippen LogP contribution in [0.15, 0.2) is 22.6 Å². The lowest BCUT2D eigenvalue weighted by molar-refractivity contribution is 0.0556. The Balaban J connectivity index is 2.17. The Morgan fingerprint density at radius 3 is 2.40 bits per heavy atom. The van der Waals surface area contributed by atoms with Crippen LogP contribution in [0.25, 0.3) is 11.0 Å². The number of aryl methyl sites for hydroxylation is 1. The first-order valence-corrected chi connectivity index (χ1v) is 8.44. The lowest BCUT2D eigenvalue weighted by Gasteiger charge is -2.10. The molecule has 2 aromatic heterocycles. The van der Waals surface area contributed by atoms with Crippen LogP contribution < -0.4 is 14.2 Å². The number of nitrogens with zero attached hydrogens (tertiary/aromatic N) is 2. The smallest absolute Gasteiger partial charge is 0.343 e. The number of benzene rings is 1. The first kappa shape index (κ1) is 20.5. The number of aromatic carboxylic acids is 1. The van der Waals surface area contributed by atoms with Crippen molar-refractivity contribution in [1.29, 1.82) is 0 Å². The second-order valence-electron chi connectivity index (χ2n) is 5.77. The summed E-state index contributed by atoms with van der Waals surface area (Å²) in [5.41, 5.74) is -0.233. The van der Waals surface area contributed by atoms with Crippen LogP contribution in [0, 0.1) is 19.3 Å². The number of furan rings is 1. The summed E-state index contributed by atoms with van der Waals surface area (Å²) in [5.74, 6) is 0.332. The molecule has 0 atom stereocenters. The van der Waals surface area contributed by atoms with E-state index in [0.29, 0.717) is 0 Å². The SMILES string of the molecule is C#CCOC(=O)c1c(C)oc2ccc(Oc3nc(OC)cc(OC)n3)c(C(=O)O)c12. The number of ether oxygens (including phenoxy) is 4. The Labute approximate surface area is 170 Å². The quantitative estimate of drug-likeness (QED) is 0.456. The number of carboxylic acids is 1. The summed E-state index contributed by atoms with van der Waals surface area (Å²) >= 11 is 0. The fourth-order valence-corrected chi connectivity index (χ4v) is 2.75. The molecule has 0 aliphatic carbocycles. The van der Waals surface area contributed by atoms with Crippen molar-refractivity contribution in [3.05, 3.63) is 35.1 Å². The third-order valence-electron chi connectivity index (χ3n) is 3.98. The van der Waals surface area contributed by atoms with E-state index in [-0.39, 0.29) is 58.0 Å². The highest BCUT2D eigenvalue weighted by Gasteiger charge is 2.28. The number of carbonyl (C=O) groups is 2. The zero-order valence-corrected chi connectivity index (χ0v) is 16.2. The molecule has 154 valence electrons. The van der Waals surface area contributed by atoms with Crippen molar-refractivity contribution in [2.45, 2.75) is 6.92 Å². The van der Waals surface area contributed by atoms with Crippen molar-refractivity contribution >= 4 is 22.9 Å². The summed E-state index contributed by atoms with van der Waals surface area (Å²) in [4.78, 5) is 32.5. The van der Waals surface area contributed by atoms with E-state index in [0.717, 1.165) is 0 Å². The molecule has 0 aliphatic rings. The van der Waals surface area contributed by atoms with E-state index in [9.17, 15) is 14.7 Å². The highest BCUT2D eigenvalue weighted by molar-refractivity contribution is 6.14. The molecule has 1 N–H and O–H groups in total. The summed E-state index contributed by atoms with van der Waals surface area (Å²) in [7, 11) is 2.78. The molecule has 2 heterocycles. The molecule has 0 fully saturated rings. The van der Waals surface area contributed by atoms with Crippen molar-refractivity contribution < 1.29 is 38.1 Å². The number of aromatic nitrogens is 2. The van der Waals surface area contributed by atoms with Crippen LogP contribution in [-0.2, 0) is 4.74 Å². The van der Waals surface area contributed by atoms with E-state index in [2.05, 4.69) is 15.9 Å². The molecule has 0 saturated carbocycles. The molecular formula is C20H16N2O8. The molecule has 30 heavy (non-hydrogen) atoms. The van der Waals surface area contributed by atoms with Gasteiger partial charge < -0.3 is 28.5 Å². The molecule has 3 aromatic rings. The van der Waals surface area contributed by atoms with Crippen molar-refractivity contribution in [3.8, 4) is 35.9 Å². The van der Waals surface area contributed by atoms with Gasteiger partial charge >= 0.3 is 17.9 Å². The van der Waals surface area contributed by atoms with E-state index < -0.39 is 11.9 Å². The Morgan fingerprint density at radius 2 is 1.83 bits per heavy atom. The molecule has 0 spiro atoms. The standard InChI is InChI=1S/C20H16N2O8/c1-5-8-28-19(25)15-10(2)29-11-6-7-12(17(16(11)15)18(23)24)30-20-21-13(26-3)9-14(22-20)27-4/h1,6-7,9H,8H2,2-4H3,(H,23,24). The minimum absolute atomic E-state index is 0.00869. The molecule has 10 nitrogen and oxygen atoms in total. The van der Waals surface area contributed by atoms with E-state index >= 15 is 0 Å². The molecule has 0 radical (unpaired) electrons. The maximum Gasteiger partial charge on any atom is 0.343 e. The largest absolute Gasteiger partial charge is 0.481 e. The van der Waals surface area contributed by atoms with Gasteiger partial charge in [0.25, 0.3) is 0 Å². The number of methoxy groups -OCH3 is 2. The number of hydrogen-bond donors (Lipinski definition) is 1. The van der Waals surface area contributed by atoms with Gasteiger partial charge in [0.05, 0.1) is 25.7 Å². The lowest BCUT2D eigenvalue weighted by Crippen LogP contribution is -2.09. The molecule has 0 bridgehead atoms. The van der Waals surface area contributed by atoms with Crippen LogP contribution in [0.1, 0.15) is 26.5 Å². The van der Waals surface area contributed by atoms with Gasteiger partial charge in [0.2, 0.25) is 11.8 Å². The van der Waals surface area contributed by atoms with E-state index in [4.69, 9.17) is 29.8 Å². The average Bonchev–Trinajstić information content (AvgIpc) is 3.06. The van der Waals surface area contributed by atoms with Gasteiger partial charge in [0.15, 0.2) is 6.61 Å². The van der Waals surface area contributed by atoms with Gasteiger partial charge in [0, 0.05) is 0 Å². The summed E-state index contributed by atoms with van der Waals surface area (Å²) in [6, 6.07) is 4.03. The maximum atomic E-state index is 12.4. The van der Waals surface area contributed by atoms with Crippen LogP contribution in [-0.4, -0.2) is 47.8 Å². The number of esters is 1. The van der Waals surface area contributed by atoms with Crippen LogP contribution in [0.5, 0.6) is 23.5 Å². The normalized spacial score (nSPS) is 10.3. The van der Waals surface area contributed by atoms with Crippen molar-refractivity contribution in [3.63, 3.8) is 0 Å². The van der Waals surface area contributed by atoms with Crippen molar-refractivity contribution in [1.82, 2.24) is 9.97 Å². The molecule has 1 aromatic carbocycles. The number of terminal acetylenes is 1. The van der Waals surface area contributed by atoms with Crippen LogP contribution >= 0.6 is 0 Å². The molecule has 0 aliphatic heterocycles. The number of rotatable bonds is 7. The van der Waals surface area contributed by atoms with Crippen LogP contribution in [0.3, 0.4) is 0 Å². The summed E-state index contributed by atoms with van der Waals surface area (Å²) in [6.45, 7) is 1.23. The third-order valence-corrected chi connectivity index (χ3v) is 3.98. The minimum atomic E-state index is -1.36. The zero-order valence-electron chi connectivity index (χ0n) is 16.2. The molecule has 10 heteroatoms. The molecule has 3 rings (SSSR count). The van der Waals surface area contributed by atoms with Gasteiger partial charge in [-0.1, -0.05) is 5.92 Å². The Kier molecular flexibility index (Phi) is 5.73. The number of fused-ring (bicyclic) bond motifs is 1. The molecule has 0 amide bonds. The Hall–Kier alpha value is -4.26. The monoisotopic (exact) mass is 412 g/mol. The third kappa shape index (κ3) is 3.81. The number of carboxylic acid groups (broad SMARTS) is 1. The van der Waals surface area contributed by atoms with Gasteiger partial charge in [-0.15, -0.1) is 6.42 Å². The average molecular weight is 412 g/mol. The predicted molar refractivity (Wildman–Crippen MR) is 102 cm³/mol. The van der Waals surface area contributed by atoms with Crippen LogP contribution in [0.2, 0.25) is 0 Å². The van der Waals surface area contributed by atoms with E-state index in [1.54, 1.807) is 0 Å². The number of carbonyl (C=O) groups excluding carboxylic acids is 1. The van der Waals surface area contributed by atoms with Gasteiger partial charge in [0.1, 0.15) is 28.2 Å². The van der Waals surface area contributed by atoms with Gasteiger partial charge in [-0.2, -0.15) is 9.97 Å². The van der Waals surface area contributed by atoms with Gasteiger partial charge in [-0.3, -0.25) is 0 Å². The maximum absolute atomic E-state index is 12.4. The summed E-state index contributed by atoms with van der Waals surface area (Å²) < 4.78 is 26.2. The predicted octanol–water partition coefficient (Wildman–Crippen LogP) is 2.83.